The third kappa shape index (κ3) is 5.54. The van der Waals surface area contributed by atoms with E-state index in [0.29, 0.717) is 29.1 Å². The van der Waals surface area contributed by atoms with Crippen LogP contribution in [0.3, 0.4) is 0 Å². The lowest BCUT2D eigenvalue weighted by Gasteiger charge is -2.61. The molecule has 0 spiro atoms. The Kier molecular flexibility index (Phi) is 8.79. The number of hydrogen-bond acceptors (Lipinski definition) is 5. The van der Waals surface area contributed by atoms with Gasteiger partial charge in [-0.3, -0.25) is 4.79 Å². The molecule has 230 valence electrons. The molecule has 4 aliphatic rings. The van der Waals surface area contributed by atoms with Crippen LogP contribution in [0, 0.1) is 58.2 Å². The first-order valence-corrected chi connectivity index (χ1v) is 16.8. The fourth-order valence-electron chi connectivity index (χ4n) is 11.0. The van der Waals surface area contributed by atoms with Crippen molar-refractivity contribution in [1.82, 2.24) is 0 Å². The number of aliphatic hydroxyl groups is 1. The molecule has 10 atom stereocenters. The minimum Gasteiger partial charge on any atom is -0.504 e. The molecule has 41 heavy (non-hydrogen) atoms. The van der Waals surface area contributed by atoms with Gasteiger partial charge in [0.25, 0.3) is 0 Å². The largest absolute Gasteiger partial charge is 0.504 e. The van der Waals surface area contributed by atoms with Crippen LogP contribution in [0.5, 0.6) is 17.2 Å². The highest BCUT2D eigenvalue weighted by Crippen LogP contribution is 2.68. The first-order valence-electron chi connectivity index (χ1n) is 16.8. The van der Waals surface area contributed by atoms with Crippen molar-refractivity contribution < 1.29 is 25.2 Å². The molecule has 5 heteroatoms. The highest BCUT2D eigenvalue weighted by Gasteiger charge is 2.60. The van der Waals surface area contributed by atoms with Crippen LogP contribution >= 0.6 is 0 Å². The number of benzene rings is 1. The topological polar surface area (TPSA) is 98.0 Å². The van der Waals surface area contributed by atoms with Gasteiger partial charge in [0.2, 0.25) is 0 Å². The van der Waals surface area contributed by atoms with E-state index in [9.17, 15) is 25.2 Å². The molecule has 5 rings (SSSR count). The molecule has 4 N–H and O–H groups in total. The molecule has 5 nitrogen and oxygen atoms in total. The fourth-order valence-corrected chi connectivity index (χ4v) is 11.0. The van der Waals surface area contributed by atoms with Gasteiger partial charge in [0, 0.05) is 5.56 Å². The smallest absolute Gasteiger partial charge is 0.200 e. The number of hydrogen-bond donors (Lipinski definition) is 4. The van der Waals surface area contributed by atoms with E-state index in [0.717, 1.165) is 54.6 Å². The summed E-state index contributed by atoms with van der Waals surface area (Å²) in [5.74, 6) is 3.33. The number of aliphatic hydroxyl groups excluding tert-OH is 1. The summed E-state index contributed by atoms with van der Waals surface area (Å²) >= 11 is 0. The lowest BCUT2D eigenvalue weighted by Crippen LogP contribution is -2.53. The molecular formula is C36H56O5. The van der Waals surface area contributed by atoms with Gasteiger partial charge in [0.1, 0.15) is 6.10 Å². The van der Waals surface area contributed by atoms with E-state index < -0.39 is 29.1 Å². The SMILES string of the molecule is CC(C)[C@@H](CC[C@@H](C)[C@H]1CC[C@H]2[C@@H]3CCC4CCCC[C@]4(C)[C@H]3CC[C@]12C)CC(O)C(=O)c1cc(O)c(O)c(O)c1. The first-order chi connectivity index (χ1) is 19.4. The summed E-state index contributed by atoms with van der Waals surface area (Å²) in [6.45, 7) is 12.1. The zero-order valence-electron chi connectivity index (χ0n) is 26.2. The van der Waals surface area contributed by atoms with Gasteiger partial charge in [-0.15, -0.1) is 0 Å². The summed E-state index contributed by atoms with van der Waals surface area (Å²) in [5, 5.41) is 40.1. The van der Waals surface area contributed by atoms with Gasteiger partial charge in [0.05, 0.1) is 0 Å². The maximum atomic E-state index is 12.9. The molecule has 0 radical (unpaired) electrons. The van der Waals surface area contributed by atoms with Gasteiger partial charge in [-0.05, 0) is 135 Å². The van der Waals surface area contributed by atoms with E-state index >= 15 is 0 Å². The van der Waals surface area contributed by atoms with Crippen LogP contribution in [-0.4, -0.2) is 32.3 Å². The van der Waals surface area contributed by atoms with Crippen molar-refractivity contribution in [3.63, 3.8) is 0 Å². The standard InChI is InChI=1S/C36H56O5/c1-21(2)23(18-30(37)33(40)24-19-31(38)34(41)32(39)20-24)10-9-22(3)27-13-14-28-26-12-11-25-8-6-7-16-35(25,4)29(26)15-17-36(27,28)5/h19-23,25-30,37-39,41H,6-18H2,1-5H3/t22-,23+,25?,26+,27-,28+,29+,30?,35+,36-/m1/s1. The van der Waals surface area contributed by atoms with Crippen molar-refractivity contribution >= 4 is 5.78 Å². The lowest BCUT2D eigenvalue weighted by molar-refractivity contribution is -0.114. The van der Waals surface area contributed by atoms with Crippen LogP contribution in [0.2, 0.25) is 0 Å². The summed E-state index contributed by atoms with van der Waals surface area (Å²) in [6, 6.07) is 2.22. The van der Waals surface area contributed by atoms with E-state index in [1.165, 1.54) is 64.2 Å². The monoisotopic (exact) mass is 568 g/mol. The number of carbonyl (C=O) groups excluding carboxylic acids is 1. The van der Waals surface area contributed by atoms with Gasteiger partial charge in [-0.1, -0.05) is 53.9 Å². The Labute approximate surface area is 248 Å². The minimum atomic E-state index is -1.21. The minimum absolute atomic E-state index is 0.0119. The molecule has 0 heterocycles. The number of aromatic hydroxyl groups is 3. The van der Waals surface area contributed by atoms with E-state index in [1.807, 2.05) is 0 Å². The van der Waals surface area contributed by atoms with Gasteiger partial charge >= 0.3 is 0 Å². The number of phenols is 3. The Morgan fingerprint density at radius 2 is 1.54 bits per heavy atom. The number of carbonyl (C=O) groups is 1. The zero-order valence-corrected chi connectivity index (χ0v) is 26.2. The van der Waals surface area contributed by atoms with Crippen molar-refractivity contribution in [1.29, 1.82) is 0 Å². The summed E-state index contributed by atoms with van der Waals surface area (Å²) in [4.78, 5) is 12.9. The Bertz CT molecular complexity index is 1070. The molecule has 4 fully saturated rings. The van der Waals surface area contributed by atoms with E-state index in [-0.39, 0.29) is 11.5 Å². The number of fused-ring (bicyclic) bond motifs is 5. The van der Waals surface area contributed by atoms with Crippen LogP contribution in [0.1, 0.15) is 128 Å². The molecule has 0 aromatic heterocycles. The predicted octanol–water partition coefficient (Wildman–Crippen LogP) is 8.47. The number of ketones is 1. The number of rotatable bonds is 9. The molecule has 0 bridgehead atoms. The summed E-state index contributed by atoms with van der Waals surface area (Å²) in [5.41, 5.74) is 1.05. The van der Waals surface area contributed by atoms with Gasteiger partial charge in [0.15, 0.2) is 23.0 Å². The molecule has 1 aromatic carbocycles. The zero-order chi connectivity index (χ0) is 29.7. The molecule has 4 saturated carbocycles. The van der Waals surface area contributed by atoms with Crippen molar-refractivity contribution in [2.24, 2.45) is 58.2 Å². The average molecular weight is 569 g/mol. The first kappa shape index (κ1) is 30.7. The van der Waals surface area contributed by atoms with E-state index in [4.69, 9.17) is 0 Å². The lowest BCUT2D eigenvalue weighted by atomic mass is 9.44. The van der Waals surface area contributed by atoms with Gasteiger partial charge < -0.3 is 20.4 Å². The third-order valence-electron chi connectivity index (χ3n) is 13.5. The molecule has 4 aliphatic carbocycles. The second kappa shape index (κ2) is 11.7. The Morgan fingerprint density at radius 3 is 2.22 bits per heavy atom. The second-order valence-electron chi connectivity index (χ2n) is 15.7. The molecular weight excluding hydrogens is 512 g/mol. The highest BCUT2D eigenvalue weighted by molar-refractivity contribution is 6.00. The quantitative estimate of drug-likeness (QED) is 0.177. The van der Waals surface area contributed by atoms with Crippen molar-refractivity contribution in [3.05, 3.63) is 17.7 Å². The van der Waals surface area contributed by atoms with E-state index in [2.05, 4.69) is 34.6 Å². The van der Waals surface area contributed by atoms with Crippen LogP contribution in [0.15, 0.2) is 12.1 Å². The van der Waals surface area contributed by atoms with Crippen molar-refractivity contribution in [2.75, 3.05) is 0 Å². The van der Waals surface area contributed by atoms with Crippen molar-refractivity contribution in [2.45, 2.75) is 124 Å². The van der Waals surface area contributed by atoms with Crippen LogP contribution in [0.25, 0.3) is 0 Å². The Morgan fingerprint density at radius 1 is 0.854 bits per heavy atom. The van der Waals surface area contributed by atoms with E-state index in [1.54, 1.807) is 0 Å². The number of phenolic OH excluding ortho intramolecular Hbond substituents is 3. The maximum Gasteiger partial charge on any atom is 0.200 e. The summed E-state index contributed by atoms with van der Waals surface area (Å²) < 4.78 is 0. The molecule has 1 aromatic rings. The average Bonchev–Trinajstić information content (AvgIpc) is 3.29. The normalized spacial score (nSPS) is 37.1. The Balaban J connectivity index is 1.21. The van der Waals surface area contributed by atoms with Gasteiger partial charge in [-0.25, -0.2) is 0 Å². The molecule has 0 amide bonds. The summed E-state index contributed by atoms with van der Waals surface area (Å²) in [7, 11) is 0. The molecule has 2 unspecified atom stereocenters. The number of Topliss-reactive ketones (excluding diaryl/α,β-unsaturated/α-hetero) is 1. The van der Waals surface area contributed by atoms with Crippen LogP contribution in [0.4, 0.5) is 0 Å². The van der Waals surface area contributed by atoms with Crippen molar-refractivity contribution in [3.8, 4) is 17.2 Å². The second-order valence-corrected chi connectivity index (χ2v) is 15.7. The molecule has 0 saturated heterocycles. The van der Waals surface area contributed by atoms with Crippen LogP contribution < -0.4 is 0 Å². The summed E-state index contributed by atoms with van der Waals surface area (Å²) in [6.07, 6.45) is 15.6. The van der Waals surface area contributed by atoms with Crippen LogP contribution in [-0.2, 0) is 0 Å². The maximum absolute atomic E-state index is 12.9. The predicted molar refractivity (Wildman–Crippen MR) is 163 cm³/mol. The Hall–Kier alpha value is -1.75. The highest BCUT2D eigenvalue weighted by atomic mass is 16.3. The molecule has 0 aliphatic heterocycles. The van der Waals surface area contributed by atoms with Gasteiger partial charge in [-0.2, -0.15) is 0 Å². The third-order valence-corrected chi connectivity index (χ3v) is 13.5. The fraction of sp³-hybridized carbons (Fsp3) is 0.806.